The van der Waals surface area contributed by atoms with Gasteiger partial charge in [0.2, 0.25) is 11.8 Å². The first kappa shape index (κ1) is 25.5. The van der Waals surface area contributed by atoms with Crippen LogP contribution in [0, 0.1) is 0 Å². The lowest BCUT2D eigenvalue weighted by atomic mass is 9.98. The van der Waals surface area contributed by atoms with Crippen LogP contribution in [-0.2, 0) is 29.0 Å². The largest absolute Gasteiger partial charge is 0.496 e. The number of nitrogens with one attached hydrogen (secondary N) is 2. The molecule has 196 valence electrons. The summed E-state index contributed by atoms with van der Waals surface area (Å²) < 4.78 is 5.50. The van der Waals surface area contributed by atoms with E-state index in [1.54, 1.807) is 24.0 Å². The molecule has 7 nitrogen and oxygen atoms in total. The Morgan fingerprint density at radius 2 is 1.76 bits per heavy atom. The Labute approximate surface area is 223 Å². The van der Waals surface area contributed by atoms with Gasteiger partial charge in [0, 0.05) is 55.8 Å². The summed E-state index contributed by atoms with van der Waals surface area (Å²) in [4.78, 5) is 34.6. The Bertz CT molecular complexity index is 1400. The second-order valence-corrected chi connectivity index (χ2v) is 9.81. The molecule has 1 aromatic heterocycles. The van der Waals surface area contributed by atoms with E-state index in [2.05, 4.69) is 16.4 Å². The van der Waals surface area contributed by atoms with Crippen LogP contribution < -0.4 is 10.1 Å². The number of aromatic amines is 1. The van der Waals surface area contributed by atoms with Crippen LogP contribution in [0.4, 0.5) is 0 Å². The van der Waals surface area contributed by atoms with Crippen LogP contribution in [0.2, 0.25) is 0 Å². The normalized spacial score (nSPS) is 16.4. The highest BCUT2D eigenvalue weighted by atomic mass is 16.5. The Balaban J connectivity index is 1.39. The third kappa shape index (κ3) is 5.43. The van der Waals surface area contributed by atoms with E-state index < -0.39 is 12.1 Å². The van der Waals surface area contributed by atoms with Crippen LogP contribution in [0.15, 0.2) is 85.1 Å². The van der Waals surface area contributed by atoms with Crippen molar-refractivity contribution in [1.29, 1.82) is 0 Å². The molecule has 7 heteroatoms. The highest BCUT2D eigenvalue weighted by Crippen LogP contribution is 2.23. The smallest absolute Gasteiger partial charge is 0.245 e. The van der Waals surface area contributed by atoms with Crippen molar-refractivity contribution >= 4 is 22.7 Å². The fraction of sp³-hybridized carbons (Fsp3) is 0.290. The van der Waals surface area contributed by atoms with Gasteiger partial charge in [0.25, 0.3) is 0 Å². The number of amides is 2. The first-order valence-corrected chi connectivity index (χ1v) is 13.0. The average molecular weight is 511 g/mol. The van der Waals surface area contributed by atoms with Crippen LogP contribution in [0.5, 0.6) is 5.75 Å². The molecule has 4 aromatic rings. The first-order valence-electron chi connectivity index (χ1n) is 13.0. The number of para-hydroxylation sites is 2. The molecule has 0 saturated carbocycles. The third-order valence-corrected chi connectivity index (χ3v) is 7.33. The Morgan fingerprint density at radius 1 is 1.03 bits per heavy atom. The topological polar surface area (TPSA) is 77.7 Å². The fourth-order valence-corrected chi connectivity index (χ4v) is 5.34. The fourth-order valence-electron chi connectivity index (χ4n) is 5.34. The number of nitrogens with zero attached hydrogens (tertiary/aromatic N) is 2. The lowest BCUT2D eigenvalue weighted by Crippen LogP contribution is -2.62. The minimum absolute atomic E-state index is 0.0403. The Morgan fingerprint density at radius 3 is 2.58 bits per heavy atom. The van der Waals surface area contributed by atoms with Crippen LogP contribution in [0.1, 0.15) is 16.7 Å². The predicted molar refractivity (Wildman–Crippen MR) is 149 cm³/mol. The van der Waals surface area contributed by atoms with Crippen LogP contribution >= 0.6 is 0 Å². The Hall–Kier alpha value is -4.10. The van der Waals surface area contributed by atoms with Crippen molar-refractivity contribution in [2.45, 2.75) is 31.5 Å². The van der Waals surface area contributed by atoms with Gasteiger partial charge in [0.15, 0.2) is 0 Å². The van der Waals surface area contributed by atoms with Crippen molar-refractivity contribution < 1.29 is 14.3 Å². The second-order valence-electron chi connectivity index (χ2n) is 9.81. The Kier molecular flexibility index (Phi) is 7.75. The molecule has 0 bridgehead atoms. The minimum Gasteiger partial charge on any atom is -0.496 e. The third-order valence-electron chi connectivity index (χ3n) is 7.33. The van der Waals surface area contributed by atoms with E-state index in [4.69, 9.17) is 4.74 Å². The number of fused-ring (bicyclic) bond motifs is 1. The monoisotopic (exact) mass is 510 g/mol. The summed E-state index contributed by atoms with van der Waals surface area (Å²) in [6.07, 6.45) is 3.00. The second kappa shape index (κ2) is 11.5. The number of carbonyl (C=O) groups excluding carboxylic acids is 2. The van der Waals surface area contributed by atoms with Gasteiger partial charge in [-0.15, -0.1) is 0 Å². The lowest BCUT2D eigenvalue weighted by molar-refractivity contribution is -0.148. The van der Waals surface area contributed by atoms with E-state index in [1.807, 2.05) is 79.0 Å². The predicted octanol–water partition coefficient (Wildman–Crippen LogP) is 3.79. The number of ether oxygens (including phenoxy) is 1. The van der Waals surface area contributed by atoms with Crippen molar-refractivity contribution in [3.8, 4) is 5.75 Å². The molecule has 1 unspecified atom stereocenters. The molecule has 2 heterocycles. The highest BCUT2D eigenvalue weighted by Gasteiger charge is 2.38. The first-order chi connectivity index (χ1) is 18.5. The molecule has 1 fully saturated rings. The van der Waals surface area contributed by atoms with Gasteiger partial charge >= 0.3 is 0 Å². The maximum absolute atomic E-state index is 14.0. The maximum atomic E-state index is 14.0. The molecule has 0 spiro atoms. The summed E-state index contributed by atoms with van der Waals surface area (Å²) in [5.41, 5.74) is 4.09. The van der Waals surface area contributed by atoms with Gasteiger partial charge in [-0.05, 0) is 29.7 Å². The summed E-state index contributed by atoms with van der Waals surface area (Å²) in [5, 5.41) is 4.52. The molecule has 2 amide bonds. The molecule has 1 aliphatic rings. The van der Waals surface area contributed by atoms with Gasteiger partial charge in [0.05, 0.1) is 13.2 Å². The number of rotatable bonds is 9. The van der Waals surface area contributed by atoms with Gasteiger partial charge in [0.1, 0.15) is 11.8 Å². The summed E-state index contributed by atoms with van der Waals surface area (Å²) >= 11 is 0. The summed E-state index contributed by atoms with van der Waals surface area (Å²) in [7, 11) is 3.43. The average Bonchev–Trinajstić information content (AvgIpc) is 3.36. The van der Waals surface area contributed by atoms with Crippen molar-refractivity contribution in [1.82, 2.24) is 20.1 Å². The van der Waals surface area contributed by atoms with Gasteiger partial charge in [-0.1, -0.05) is 66.7 Å². The molecule has 1 aliphatic heterocycles. The number of likely N-dealkylation sites (N-methyl/N-ethyl adjacent to an activating group) is 1. The molecular formula is C31H34N4O3. The standard InChI is InChI=1S/C31H34N4O3/c1-34(21-23-12-6-9-15-29(23)38-2)31(37)28(18-22-10-4-3-5-11-22)35-17-16-32-27(30(35)36)19-24-20-33-26-14-8-7-13-25(24)26/h3-15,20,27-28,32-33H,16-19,21H2,1-2H3/t27?,28-/m0/s1. The number of hydrogen-bond donors (Lipinski definition) is 2. The van der Waals surface area contributed by atoms with Crippen molar-refractivity contribution in [3.05, 3.63) is 102 Å². The van der Waals surface area contributed by atoms with E-state index in [-0.39, 0.29) is 11.8 Å². The molecule has 3 aromatic carbocycles. The van der Waals surface area contributed by atoms with E-state index in [1.165, 1.54) is 0 Å². The van der Waals surface area contributed by atoms with E-state index in [9.17, 15) is 9.59 Å². The van der Waals surface area contributed by atoms with Gasteiger partial charge in [-0.25, -0.2) is 0 Å². The van der Waals surface area contributed by atoms with E-state index >= 15 is 0 Å². The number of benzene rings is 3. The number of piperazine rings is 1. The summed E-state index contributed by atoms with van der Waals surface area (Å²) in [6.45, 7) is 1.51. The number of carbonyl (C=O) groups is 2. The van der Waals surface area contributed by atoms with Crippen LogP contribution in [-0.4, -0.2) is 65.9 Å². The number of aromatic nitrogens is 1. The molecule has 0 aliphatic carbocycles. The minimum atomic E-state index is -0.600. The zero-order chi connectivity index (χ0) is 26.5. The van der Waals surface area contributed by atoms with E-state index in [0.29, 0.717) is 32.5 Å². The van der Waals surface area contributed by atoms with E-state index in [0.717, 1.165) is 33.3 Å². The number of hydrogen-bond acceptors (Lipinski definition) is 4. The lowest BCUT2D eigenvalue weighted by Gasteiger charge is -2.39. The maximum Gasteiger partial charge on any atom is 0.245 e. The van der Waals surface area contributed by atoms with Crippen molar-refractivity contribution in [2.24, 2.45) is 0 Å². The quantitative estimate of drug-likeness (QED) is 0.359. The molecule has 38 heavy (non-hydrogen) atoms. The van der Waals surface area contributed by atoms with Gasteiger partial charge < -0.3 is 24.8 Å². The van der Waals surface area contributed by atoms with Gasteiger partial charge in [-0.2, -0.15) is 0 Å². The molecule has 1 saturated heterocycles. The highest BCUT2D eigenvalue weighted by molar-refractivity contribution is 5.91. The van der Waals surface area contributed by atoms with Gasteiger partial charge in [-0.3, -0.25) is 9.59 Å². The summed E-state index contributed by atoms with van der Waals surface area (Å²) in [6, 6.07) is 24.7. The molecular weight excluding hydrogens is 476 g/mol. The zero-order valence-corrected chi connectivity index (χ0v) is 21.9. The number of methoxy groups -OCH3 is 1. The molecule has 2 atom stereocenters. The van der Waals surface area contributed by atoms with Crippen molar-refractivity contribution in [2.75, 3.05) is 27.2 Å². The number of H-pyrrole nitrogens is 1. The summed E-state index contributed by atoms with van der Waals surface area (Å²) in [5.74, 6) is 0.617. The SMILES string of the molecule is COc1ccccc1CN(C)C(=O)[C@H](Cc1ccccc1)N1CCNC(Cc2c[nH]c3ccccc23)C1=O. The zero-order valence-electron chi connectivity index (χ0n) is 21.9. The van der Waals surface area contributed by atoms with Crippen LogP contribution in [0.3, 0.4) is 0 Å². The molecule has 0 radical (unpaired) electrons. The van der Waals surface area contributed by atoms with Crippen LogP contribution in [0.25, 0.3) is 10.9 Å². The molecule has 5 rings (SSSR count). The van der Waals surface area contributed by atoms with Crippen molar-refractivity contribution in [3.63, 3.8) is 0 Å². The molecule has 2 N–H and O–H groups in total.